The number of rotatable bonds is 5. The number of benzene rings is 1. The first-order chi connectivity index (χ1) is 8.33. The molecule has 0 aliphatic heterocycles. The second-order valence-corrected chi connectivity index (χ2v) is 4.87. The summed E-state index contributed by atoms with van der Waals surface area (Å²) in [6.07, 6.45) is -4.54. The summed E-state index contributed by atoms with van der Waals surface area (Å²) in [7, 11) is 1.67. The highest BCUT2D eigenvalue weighted by atomic mass is 79.9. The van der Waals surface area contributed by atoms with Crippen molar-refractivity contribution in [3.8, 4) is 0 Å². The SMILES string of the molecule is CNC(CCCC(F)(F)F)c1ccc(F)cc1Br. The zero-order valence-electron chi connectivity index (χ0n) is 9.82. The van der Waals surface area contributed by atoms with Crippen LogP contribution in [0, 0.1) is 5.82 Å². The average molecular weight is 328 g/mol. The van der Waals surface area contributed by atoms with Gasteiger partial charge in [0.25, 0.3) is 0 Å². The first-order valence-corrected chi connectivity index (χ1v) is 6.32. The van der Waals surface area contributed by atoms with Gasteiger partial charge in [0, 0.05) is 16.9 Å². The third-order valence-corrected chi connectivity index (χ3v) is 3.33. The third-order valence-electron chi connectivity index (χ3n) is 2.64. The van der Waals surface area contributed by atoms with Crippen LogP contribution in [0.25, 0.3) is 0 Å². The summed E-state index contributed by atoms with van der Waals surface area (Å²) in [6.45, 7) is 0. The van der Waals surface area contributed by atoms with Crippen LogP contribution in [0.3, 0.4) is 0 Å². The molecule has 0 radical (unpaired) electrons. The molecule has 1 aromatic carbocycles. The van der Waals surface area contributed by atoms with E-state index in [0.717, 1.165) is 5.56 Å². The van der Waals surface area contributed by atoms with E-state index in [1.165, 1.54) is 12.1 Å². The fourth-order valence-electron chi connectivity index (χ4n) is 1.75. The van der Waals surface area contributed by atoms with E-state index in [1.54, 1.807) is 13.1 Å². The zero-order valence-corrected chi connectivity index (χ0v) is 11.4. The minimum Gasteiger partial charge on any atom is -0.313 e. The van der Waals surface area contributed by atoms with Crippen molar-refractivity contribution in [2.24, 2.45) is 0 Å². The van der Waals surface area contributed by atoms with Gasteiger partial charge in [0.2, 0.25) is 0 Å². The molecule has 6 heteroatoms. The summed E-state index contributed by atoms with van der Waals surface area (Å²) < 4.78 is 49.7. The molecule has 1 aromatic rings. The molecule has 0 saturated heterocycles. The summed E-state index contributed by atoms with van der Waals surface area (Å²) in [5.74, 6) is -0.379. The minimum atomic E-state index is -4.13. The molecule has 1 atom stereocenters. The van der Waals surface area contributed by atoms with Gasteiger partial charge in [-0.05, 0) is 37.6 Å². The van der Waals surface area contributed by atoms with E-state index in [9.17, 15) is 17.6 Å². The monoisotopic (exact) mass is 327 g/mol. The van der Waals surface area contributed by atoms with Crippen molar-refractivity contribution in [1.82, 2.24) is 5.32 Å². The van der Waals surface area contributed by atoms with Crippen molar-refractivity contribution in [2.45, 2.75) is 31.5 Å². The Hall–Kier alpha value is -0.620. The highest BCUT2D eigenvalue weighted by molar-refractivity contribution is 9.10. The highest BCUT2D eigenvalue weighted by Crippen LogP contribution is 2.30. The molecule has 1 rings (SSSR count). The van der Waals surface area contributed by atoms with Crippen LogP contribution in [0.5, 0.6) is 0 Å². The summed E-state index contributed by atoms with van der Waals surface area (Å²) in [5.41, 5.74) is 0.765. The molecule has 1 nitrogen and oxygen atoms in total. The summed E-state index contributed by atoms with van der Waals surface area (Å²) in [5, 5.41) is 2.95. The molecule has 0 fully saturated rings. The standard InChI is InChI=1S/C12H14BrF4N/c1-18-11(3-2-6-12(15,16)17)9-5-4-8(14)7-10(9)13/h4-5,7,11,18H,2-3,6H2,1H3. The lowest BCUT2D eigenvalue weighted by molar-refractivity contribution is -0.135. The maximum atomic E-state index is 12.9. The Morgan fingerprint density at radius 1 is 1.33 bits per heavy atom. The molecule has 0 aliphatic carbocycles. The van der Waals surface area contributed by atoms with Crippen molar-refractivity contribution in [2.75, 3.05) is 7.05 Å². The molecule has 0 saturated carbocycles. The van der Waals surface area contributed by atoms with Crippen LogP contribution >= 0.6 is 15.9 Å². The predicted molar refractivity (Wildman–Crippen MR) is 65.8 cm³/mol. The van der Waals surface area contributed by atoms with Crippen molar-refractivity contribution in [1.29, 1.82) is 0 Å². The molecule has 0 bridgehead atoms. The smallest absolute Gasteiger partial charge is 0.313 e. The van der Waals surface area contributed by atoms with E-state index in [2.05, 4.69) is 21.2 Å². The molecular formula is C12H14BrF4N. The van der Waals surface area contributed by atoms with Crippen LogP contribution in [-0.4, -0.2) is 13.2 Å². The van der Waals surface area contributed by atoms with Gasteiger partial charge >= 0.3 is 6.18 Å². The summed E-state index contributed by atoms with van der Waals surface area (Å²) >= 11 is 3.22. The Kier molecular flexibility index (Phi) is 5.59. The minimum absolute atomic E-state index is 0.0405. The fraction of sp³-hybridized carbons (Fsp3) is 0.500. The molecule has 0 amide bonds. The third kappa shape index (κ3) is 4.94. The second-order valence-electron chi connectivity index (χ2n) is 4.01. The number of alkyl halides is 3. The van der Waals surface area contributed by atoms with Gasteiger partial charge in [-0.25, -0.2) is 4.39 Å². The largest absolute Gasteiger partial charge is 0.389 e. The second kappa shape index (κ2) is 6.52. The summed E-state index contributed by atoms with van der Waals surface area (Å²) in [4.78, 5) is 0. The fourth-order valence-corrected chi connectivity index (χ4v) is 2.37. The quantitative estimate of drug-likeness (QED) is 0.780. The molecule has 0 spiro atoms. The van der Waals surface area contributed by atoms with Gasteiger partial charge in [-0.15, -0.1) is 0 Å². The van der Waals surface area contributed by atoms with E-state index < -0.39 is 12.6 Å². The number of halogens is 5. The number of hydrogen-bond acceptors (Lipinski definition) is 1. The Morgan fingerprint density at radius 3 is 2.50 bits per heavy atom. The molecule has 1 unspecified atom stereocenters. The van der Waals surface area contributed by atoms with E-state index in [-0.39, 0.29) is 18.3 Å². The van der Waals surface area contributed by atoms with Crippen LogP contribution in [-0.2, 0) is 0 Å². The first kappa shape index (κ1) is 15.4. The number of hydrogen-bond donors (Lipinski definition) is 1. The topological polar surface area (TPSA) is 12.0 Å². The molecule has 0 aliphatic rings. The van der Waals surface area contributed by atoms with E-state index in [1.807, 2.05) is 0 Å². The van der Waals surface area contributed by atoms with E-state index in [0.29, 0.717) is 10.9 Å². The molecule has 0 aromatic heterocycles. The lowest BCUT2D eigenvalue weighted by Gasteiger charge is -2.18. The van der Waals surface area contributed by atoms with Gasteiger partial charge in [0.1, 0.15) is 5.82 Å². The van der Waals surface area contributed by atoms with Crippen LogP contribution < -0.4 is 5.32 Å². The van der Waals surface area contributed by atoms with Crippen molar-refractivity contribution in [3.63, 3.8) is 0 Å². The maximum Gasteiger partial charge on any atom is 0.389 e. The van der Waals surface area contributed by atoms with Gasteiger partial charge in [0.05, 0.1) is 0 Å². The Bertz CT molecular complexity index is 392. The van der Waals surface area contributed by atoms with E-state index >= 15 is 0 Å². The predicted octanol–water partition coefficient (Wildman–Crippen LogP) is 4.58. The molecule has 18 heavy (non-hydrogen) atoms. The molecule has 1 N–H and O–H groups in total. The first-order valence-electron chi connectivity index (χ1n) is 5.52. The Morgan fingerprint density at radius 2 is 2.00 bits per heavy atom. The Labute approximate surface area is 112 Å². The lowest BCUT2D eigenvalue weighted by atomic mass is 10.0. The summed E-state index contributed by atoms with van der Waals surface area (Å²) in [6, 6.07) is 3.97. The molecule has 0 heterocycles. The van der Waals surface area contributed by atoms with Gasteiger partial charge < -0.3 is 5.32 Å². The normalized spacial score (nSPS) is 13.7. The molecule has 102 valence electrons. The number of nitrogens with one attached hydrogen (secondary N) is 1. The van der Waals surface area contributed by atoms with E-state index in [4.69, 9.17) is 0 Å². The van der Waals surface area contributed by atoms with Crippen LogP contribution in [0.1, 0.15) is 30.9 Å². The van der Waals surface area contributed by atoms with Crippen molar-refractivity contribution >= 4 is 15.9 Å². The molecular weight excluding hydrogens is 314 g/mol. The van der Waals surface area contributed by atoms with Gasteiger partial charge in [-0.3, -0.25) is 0 Å². The zero-order chi connectivity index (χ0) is 13.8. The van der Waals surface area contributed by atoms with Crippen molar-refractivity contribution < 1.29 is 17.6 Å². The van der Waals surface area contributed by atoms with Crippen LogP contribution in [0.2, 0.25) is 0 Å². The van der Waals surface area contributed by atoms with Gasteiger partial charge in [-0.1, -0.05) is 22.0 Å². The average Bonchev–Trinajstić information content (AvgIpc) is 2.24. The van der Waals surface area contributed by atoms with Gasteiger partial charge in [0.15, 0.2) is 0 Å². The highest BCUT2D eigenvalue weighted by Gasteiger charge is 2.27. The van der Waals surface area contributed by atoms with Crippen LogP contribution in [0.15, 0.2) is 22.7 Å². The van der Waals surface area contributed by atoms with Gasteiger partial charge in [-0.2, -0.15) is 13.2 Å². The lowest BCUT2D eigenvalue weighted by Crippen LogP contribution is -2.18. The van der Waals surface area contributed by atoms with Crippen LogP contribution in [0.4, 0.5) is 17.6 Å². The maximum absolute atomic E-state index is 12.9. The Balaban J connectivity index is 2.66. The van der Waals surface area contributed by atoms with Crippen molar-refractivity contribution in [3.05, 3.63) is 34.1 Å².